The van der Waals surface area contributed by atoms with Crippen molar-refractivity contribution in [1.29, 1.82) is 0 Å². The monoisotopic (exact) mass is 322 g/mol. The Labute approximate surface area is 132 Å². The van der Waals surface area contributed by atoms with Crippen molar-refractivity contribution >= 4 is 35.1 Å². The van der Waals surface area contributed by atoms with Gasteiger partial charge in [0.25, 0.3) is 0 Å². The van der Waals surface area contributed by atoms with Gasteiger partial charge in [-0.15, -0.1) is 0 Å². The van der Waals surface area contributed by atoms with Gasteiger partial charge in [0.1, 0.15) is 6.04 Å². The number of amides is 2. The number of carboxylic acids is 1. The summed E-state index contributed by atoms with van der Waals surface area (Å²) in [6.07, 6.45) is 0.830. The number of nitrogens with one attached hydrogen (secondary N) is 1. The molecule has 2 N–H and O–H groups in total. The van der Waals surface area contributed by atoms with E-state index in [4.69, 9.17) is 16.7 Å². The van der Waals surface area contributed by atoms with Crippen LogP contribution in [0.5, 0.6) is 0 Å². The van der Waals surface area contributed by atoms with Crippen LogP contribution in [0.1, 0.15) is 12.8 Å². The maximum atomic E-state index is 12.4. The Morgan fingerprint density at radius 3 is 2.64 bits per heavy atom. The van der Waals surface area contributed by atoms with Gasteiger partial charge in [0, 0.05) is 6.54 Å². The Hall–Kier alpha value is -2.08. The van der Waals surface area contributed by atoms with Gasteiger partial charge < -0.3 is 15.3 Å². The van der Waals surface area contributed by atoms with Gasteiger partial charge in [0.15, 0.2) is 0 Å². The summed E-state index contributed by atoms with van der Waals surface area (Å²) < 4.78 is 0. The van der Waals surface area contributed by atoms with Gasteiger partial charge >= 0.3 is 5.97 Å². The fourth-order valence-electron chi connectivity index (χ4n) is 2.76. The SMILES string of the molecule is O=C(N[C@H]1CCN(c2ccccc2Cl)C1=O)[C@H]1C[C@H]1C(=O)O. The van der Waals surface area contributed by atoms with Crippen LogP contribution in [0.25, 0.3) is 0 Å². The number of carboxylic acid groups (broad SMARTS) is 1. The van der Waals surface area contributed by atoms with Gasteiger partial charge in [-0.05, 0) is 25.0 Å². The number of anilines is 1. The van der Waals surface area contributed by atoms with Crippen LogP contribution >= 0.6 is 11.6 Å². The first kappa shape index (κ1) is 14.8. The summed E-state index contributed by atoms with van der Waals surface area (Å²) in [4.78, 5) is 36.7. The third-order valence-corrected chi connectivity index (χ3v) is 4.43. The summed E-state index contributed by atoms with van der Waals surface area (Å²) in [5.41, 5.74) is 0.626. The molecule has 2 fully saturated rings. The molecule has 1 saturated carbocycles. The van der Waals surface area contributed by atoms with Crippen LogP contribution in [0.2, 0.25) is 5.02 Å². The predicted molar refractivity (Wildman–Crippen MR) is 79.6 cm³/mol. The second-order valence-electron chi connectivity index (χ2n) is 5.58. The van der Waals surface area contributed by atoms with Crippen LogP contribution in [0, 0.1) is 11.8 Å². The van der Waals surface area contributed by atoms with Crippen molar-refractivity contribution in [1.82, 2.24) is 5.32 Å². The van der Waals surface area contributed by atoms with Crippen molar-refractivity contribution in [2.24, 2.45) is 11.8 Å². The molecule has 116 valence electrons. The second-order valence-corrected chi connectivity index (χ2v) is 5.99. The number of carbonyl (C=O) groups excluding carboxylic acids is 2. The molecule has 1 aliphatic carbocycles. The quantitative estimate of drug-likeness (QED) is 0.874. The highest BCUT2D eigenvalue weighted by atomic mass is 35.5. The highest BCUT2D eigenvalue weighted by molar-refractivity contribution is 6.34. The maximum absolute atomic E-state index is 12.4. The van der Waals surface area contributed by atoms with Crippen LogP contribution in [0.15, 0.2) is 24.3 Å². The largest absolute Gasteiger partial charge is 0.481 e. The lowest BCUT2D eigenvalue weighted by molar-refractivity contribution is -0.140. The standard InChI is InChI=1S/C15H15ClN2O4/c16-10-3-1-2-4-12(10)18-6-5-11(14(18)20)17-13(19)8-7-9(8)15(21)22/h1-4,8-9,11H,5-7H2,(H,17,19)(H,21,22)/t8-,9+,11-/m0/s1. The minimum atomic E-state index is -0.962. The van der Waals surface area contributed by atoms with Crippen LogP contribution in [-0.2, 0) is 14.4 Å². The van der Waals surface area contributed by atoms with Crippen molar-refractivity contribution in [3.8, 4) is 0 Å². The van der Waals surface area contributed by atoms with Crippen molar-refractivity contribution in [2.75, 3.05) is 11.4 Å². The lowest BCUT2D eigenvalue weighted by Crippen LogP contribution is -2.42. The molecule has 0 aromatic heterocycles. The van der Waals surface area contributed by atoms with E-state index < -0.39 is 23.8 Å². The zero-order valence-electron chi connectivity index (χ0n) is 11.7. The molecule has 1 aromatic carbocycles. The number of rotatable bonds is 4. The minimum absolute atomic E-state index is 0.214. The van der Waals surface area contributed by atoms with E-state index in [0.29, 0.717) is 30.1 Å². The molecule has 3 atom stereocenters. The number of benzene rings is 1. The highest BCUT2D eigenvalue weighted by Crippen LogP contribution is 2.39. The van der Waals surface area contributed by atoms with Crippen molar-refractivity contribution in [2.45, 2.75) is 18.9 Å². The molecule has 1 aliphatic heterocycles. The Morgan fingerprint density at radius 2 is 2.00 bits per heavy atom. The van der Waals surface area contributed by atoms with Gasteiger partial charge in [-0.2, -0.15) is 0 Å². The predicted octanol–water partition coefficient (Wildman–Crippen LogP) is 1.28. The van der Waals surface area contributed by atoms with E-state index in [0.717, 1.165) is 0 Å². The van der Waals surface area contributed by atoms with E-state index in [2.05, 4.69) is 5.32 Å². The normalized spacial score (nSPS) is 26.9. The third kappa shape index (κ3) is 2.66. The molecule has 0 spiro atoms. The number of carbonyl (C=O) groups is 3. The van der Waals surface area contributed by atoms with E-state index in [1.165, 1.54) is 0 Å². The van der Waals surface area contributed by atoms with E-state index >= 15 is 0 Å². The number of hydrogen-bond acceptors (Lipinski definition) is 3. The van der Waals surface area contributed by atoms with Gasteiger partial charge in [-0.25, -0.2) is 0 Å². The zero-order chi connectivity index (χ0) is 15.9. The number of para-hydroxylation sites is 1. The number of hydrogen-bond donors (Lipinski definition) is 2. The van der Waals surface area contributed by atoms with Gasteiger partial charge in [-0.1, -0.05) is 23.7 Å². The fourth-order valence-corrected chi connectivity index (χ4v) is 3.00. The molecule has 3 rings (SSSR count). The first-order chi connectivity index (χ1) is 10.5. The molecule has 2 aliphatic rings. The van der Waals surface area contributed by atoms with Crippen molar-refractivity contribution < 1.29 is 19.5 Å². The summed E-state index contributed by atoms with van der Waals surface area (Å²) in [5, 5.41) is 12.0. The molecular formula is C15H15ClN2O4. The summed E-state index contributed by atoms with van der Waals surface area (Å²) in [6.45, 7) is 0.473. The first-order valence-corrected chi connectivity index (χ1v) is 7.46. The smallest absolute Gasteiger partial charge is 0.307 e. The molecule has 1 heterocycles. The molecule has 1 aromatic rings. The van der Waals surface area contributed by atoms with Gasteiger partial charge in [0.2, 0.25) is 11.8 Å². The van der Waals surface area contributed by atoms with Crippen molar-refractivity contribution in [3.05, 3.63) is 29.3 Å². The average Bonchev–Trinajstić information content (AvgIpc) is 3.22. The molecule has 0 radical (unpaired) electrons. The lowest BCUT2D eigenvalue weighted by Gasteiger charge is -2.18. The number of halogens is 1. The fraction of sp³-hybridized carbons (Fsp3) is 0.400. The number of nitrogens with zero attached hydrogens (tertiary/aromatic N) is 1. The zero-order valence-corrected chi connectivity index (χ0v) is 12.4. The van der Waals surface area contributed by atoms with E-state index in [1.807, 2.05) is 0 Å². The third-order valence-electron chi connectivity index (χ3n) is 4.11. The van der Waals surface area contributed by atoms with Crippen LogP contribution in [0.3, 0.4) is 0 Å². The molecule has 2 amide bonds. The lowest BCUT2D eigenvalue weighted by atomic mass is 10.2. The van der Waals surface area contributed by atoms with E-state index in [1.54, 1.807) is 29.2 Å². The molecule has 0 unspecified atom stereocenters. The van der Waals surface area contributed by atoms with E-state index in [9.17, 15) is 14.4 Å². The topological polar surface area (TPSA) is 86.7 Å². The summed E-state index contributed by atoms with van der Waals surface area (Å²) >= 11 is 6.09. The molecule has 0 bridgehead atoms. The first-order valence-electron chi connectivity index (χ1n) is 7.08. The molecular weight excluding hydrogens is 308 g/mol. The van der Waals surface area contributed by atoms with Crippen LogP contribution < -0.4 is 10.2 Å². The molecule has 6 nitrogen and oxygen atoms in total. The second kappa shape index (κ2) is 5.61. The van der Waals surface area contributed by atoms with Crippen LogP contribution in [-0.4, -0.2) is 35.5 Å². The van der Waals surface area contributed by atoms with Crippen LogP contribution in [0.4, 0.5) is 5.69 Å². The highest BCUT2D eigenvalue weighted by Gasteiger charge is 2.49. The van der Waals surface area contributed by atoms with Gasteiger partial charge in [0.05, 0.1) is 22.5 Å². The maximum Gasteiger partial charge on any atom is 0.307 e. The Kier molecular flexibility index (Phi) is 3.78. The Balaban J connectivity index is 1.64. The summed E-state index contributed by atoms with van der Waals surface area (Å²) in [6, 6.07) is 6.43. The Morgan fingerprint density at radius 1 is 1.27 bits per heavy atom. The van der Waals surface area contributed by atoms with E-state index in [-0.39, 0.29) is 11.8 Å². The molecule has 1 saturated heterocycles. The summed E-state index contributed by atoms with van der Waals surface area (Å²) in [5.74, 6) is -2.66. The Bertz CT molecular complexity index is 648. The summed E-state index contributed by atoms with van der Waals surface area (Å²) in [7, 11) is 0. The molecule has 22 heavy (non-hydrogen) atoms. The number of aliphatic carboxylic acids is 1. The average molecular weight is 323 g/mol. The van der Waals surface area contributed by atoms with Crippen molar-refractivity contribution in [3.63, 3.8) is 0 Å². The molecule has 7 heteroatoms. The minimum Gasteiger partial charge on any atom is -0.481 e. The van der Waals surface area contributed by atoms with Gasteiger partial charge in [-0.3, -0.25) is 14.4 Å².